The van der Waals surface area contributed by atoms with Crippen LogP contribution in [0, 0.1) is 26.2 Å². The van der Waals surface area contributed by atoms with Crippen molar-refractivity contribution in [1.82, 2.24) is 4.57 Å². The van der Waals surface area contributed by atoms with Crippen molar-refractivity contribution in [2.45, 2.75) is 20.4 Å². The molecular weight excluding hydrogens is 384 g/mol. The molecule has 1 amide bonds. The minimum atomic E-state index is -0.270. The van der Waals surface area contributed by atoms with Gasteiger partial charge in [0.2, 0.25) is 0 Å². The number of aromatic nitrogens is 1. The zero-order valence-electron chi connectivity index (χ0n) is 13.3. The largest absolute Gasteiger partial charge is 0.305 e. The Labute approximate surface area is 152 Å². The van der Waals surface area contributed by atoms with Crippen LogP contribution in [0.4, 0.5) is 0 Å². The second-order valence-electron chi connectivity index (χ2n) is 5.50. The maximum Gasteiger partial charge on any atom is 0.279 e. The zero-order valence-corrected chi connectivity index (χ0v) is 15.7. The molecule has 0 saturated carbocycles. The van der Waals surface area contributed by atoms with Gasteiger partial charge in [0, 0.05) is 10.0 Å². The average Bonchev–Trinajstić information content (AvgIpc) is 2.86. The summed E-state index contributed by atoms with van der Waals surface area (Å²) in [7, 11) is 0. The van der Waals surface area contributed by atoms with Crippen molar-refractivity contribution in [3.63, 3.8) is 0 Å². The second-order valence-corrected chi connectivity index (χ2v) is 7.43. The van der Waals surface area contributed by atoms with Gasteiger partial charge in [-0.2, -0.15) is 4.99 Å². The van der Waals surface area contributed by atoms with Gasteiger partial charge in [-0.3, -0.25) is 4.79 Å². The zero-order chi connectivity index (χ0) is 17.3. The van der Waals surface area contributed by atoms with E-state index >= 15 is 0 Å². The van der Waals surface area contributed by atoms with E-state index in [1.165, 1.54) is 22.5 Å². The molecule has 1 aromatic heterocycles. The standard InChI is InChI=1S/C19H15BrN2OS/c1-4-9-22-16-10-12(2)13(3)11-17(16)24-19(22)21-18(23)14-5-7-15(20)8-6-14/h1,5-8,10-11H,9H2,2-3H3. The summed E-state index contributed by atoms with van der Waals surface area (Å²) in [4.78, 5) is 17.4. The predicted molar refractivity (Wildman–Crippen MR) is 102 cm³/mol. The van der Waals surface area contributed by atoms with Gasteiger partial charge in [-0.1, -0.05) is 33.2 Å². The number of aryl methyl sites for hydroxylation is 2. The van der Waals surface area contributed by atoms with E-state index in [1.54, 1.807) is 12.1 Å². The molecule has 1 heterocycles. The van der Waals surface area contributed by atoms with Crippen molar-refractivity contribution in [3.8, 4) is 12.3 Å². The summed E-state index contributed by atoms with van der Waals surface area (Å²) in [6.45, 7) is 4.52. The first-order valence-corrected chi connectivity index (χ1v) is 8.99. The molecule has 0 aliphatic carbocycles. The highest BCUT2D eigenvalue weighted by molar-refractivity contribution is 9.10. The van der Waals surface area contributed by atoms with Crippen LogP contribution in [-0.2, 0) is 6.54 Å². The molecule has 3 rings (SSSR count). The summed E-state index contributed by atoms with van der Waals surface area (Å²) >= 11 is 4.85. The van der Waals surface area contributed by atoms with Crippen LogP contribution in [0.25, 0.3) is 10.2 Å². The summed E-state index contributed by atoms with van der Waals surface area (Å²) in [5, 5.41) is 0. The number of fused-ring (bicyclic) bond motifs is 1. The Morgan fingerprint density at radius 2 is 1.92 bits per heavy atom. The number of carbonyl (C=O) groups is 1. The Morgan fingerprint density at radius 3 is 2.58 bits per heavy atom. The Morgan fingerprint density at radius 1 is 1.25 bits per heavy atom. The normalized spacial score (nSPS) is 11.7. The minimum absolute atomic E-state index is 0.270. The molecule has 24 heavy (non-hydrogen) atoms. The summed E-state index contributed by atoms with van der Waals surface area (Å²) in [5.41, 5.74) is 3.97. The molecule has 0 aliphatic rings. The molecule has 0 saturated heterocycles. The molecule has 0 radical (unpaired) electrons. The molecule has 0 unspecified atom stereocenters. The smallest absolute Gasteiger partial charge is 0.279 e. The number of benzene rings is 2. The Bertz CT molecular complexity index is 1040. The minimum Gasteiger partial charge on any atom is -0.305 e. The lowest BCUT2D eigenvalue weighted by Gasteiger charge is -2.03. The van der Waals surface area contributed by atoms with Gasteiger partial charge >= 0.3 is 0 Å². The van der Waals surface area contributed by atoms with Crippen LogP contribution in [-0.4, -0.2) is 10.5 Å². The summed E-state index contributed by atoms with van der Waals surface area (Å²) in [6.07, 6.45) is 5.51. The predicted octanol–water partition coefficient (Wildman–Crippen LogP) is 4.46. The van der Waals surface area contributed by atoms with Gasteiger partial charge in [-0.05, 0) is 61.4 Å². The lowest BCUT2D eigenvalue weighted by Crippen LogP contribution is -2.16. The highest BCUT2D eigenvalue weighted by Crippen LogP contribution is 2.22. The third-order valence-electron chi connectivity index (χ3n) is 3.84. The average molecular weight is 399 g/mol. The van der Waals surface area contributed by atoms with Crippen molar-refractivity contribution < 1.29 is 4.79 Å². The topological polar surface area (TPSA) is 34.4 Å². The van der Waals surface area contributed by atoms with E-state index in [0.717, 1.165) is 14.7 Å². The molecule has 0 N–H and O–H groups in total. The maximum atomic E-state index is 12.5. The first kappa shape index (κ1) is 16.7. The monoisotopic (exact) mass is 398 g/mol. The molecule has 0 spiro atoms. The van der Waals surface area contributed by atoms with Gasteiger partial charge in [0.15, 0.2) is 4.80 Å². The highest BCUT2D eigenvalue weighted by atomic mass is 79.9. The number of halogens is 1. The quantitative estimate of drug-likeness (QED) is 0.586. The molecule has 3 nitrogen and oxygen atoms in total. The van der Waals surface area contributed by atoms with Gasteiger partial charge in [0.25, 0.3) is 5.91 Å². The van der Waals surface area contributed by atoms with Crippen molar-refractivity contribution >= 4 is 43.4 Å². The van der Waals surface area contributed by atoms with Crippen LogP contribution in [0.2, 0.25) is 0 Å². The number of terminal acetylenes is 1. The highest BCUT2D eigenvalue weighted by Gasteiger charge is 2.10. The fourth-order valence-electron chi connectivity index (χ4n) is 2.39. The van der Waals surface area contributed by atoms with Gasteiger partial charge < -0.3 is 4.57 Å². The van der Waals surface area contributed by atoms with Crippen LogP contribution in [0.1, 0.15) is 21.5 Å². The fourth-order valence-corrected chi connectivity index (χ4v) is 3.77. The van der Waals surface area contributed by atoms with Gasteiger partial charge in [0.05, 0.1) is 16.8 Å². The Balaban J connectivity index is 2.17. The van der Waals surface area contributed by atoms with E-state index in [-0.39, 0.29) is 5.91 Å². The number of rotatable bonds is 2. The first-order chi connectivity index (χ1) is 11.5. The second kappa shape index (κ2) is 6.76. The van der Waals surface area contributed by atoms with E-state index in [4.69, 9.17) is 6.42 Å². The molecule has 5 heteroatoms. The van der Waals surface area contributed by atoms with Crippen LogP contribution >= 0.6 is 27.3 Å². The van der Waals surface area contributed by atoms with E-state index < -0.39 is 0 Å². The maximum absolute atomic E-state index is 12.5. The van der Waals surface area contributed by atoms with Crippen LogP contribution in [0.5, 0.6) is 0 Å². The summed E-state index contributed by atoms with van der Waals surface area (Å²) in [6, 6.07) is 11.4. The van der Waals surface area contributed by atoms with Crippen LogP contribution < -0.4 is 4.80 Å². The number of hydrogen-bond donors (Lipinski definition) is 0. The SMILES string of the molecule is C#CCn1c(=NC(=O)c2ccc(Br)cc2)sc2cc(C)c(C)cc21. The molecule has 120 valence electrons. The molecule has 0 fully saturated rings. The molecule has 2 aromatic carbocycles. The number of amides is 1. The Kier molecular flexibility index (Phi) is 4.70. The lowest BCUT2D eigenvalue weighted by atomic mass is 10.1. The first-order valence-electron chi connectivity index (χ1n) is 7.38. The van der Waals surface area contributed by atoms with Crippen molar-refractivity contribution in [2.75, 3.05) is 0 Å². The Hall–Kier alpha value is -2.16. The van der Waals surface area contributed by atoms with Crippen molar-refractivity contribution in [1.29, 1.82) is 0 Å². The van der Waals surface area contributed by atoms with Crippen LogP contribution in [0.3, 0.4) is 0 Å². The van der Waals surface area contributed by atoms with E-state index in [0.29, 0.717) is 16.9 Å². The summed E-state index contributed by atoms with van der Waals surface area (Å²) < 4.78 is 3.92. The number of hydrogen-bond acceptors (Lipinski definition) is 2. The van der Waals surface area contributed by atoms with Gasteiger partial charge in [-0.25, -0.2) is 0 Å². The number of thiazole rings is 1. The van der Waals surface area contributed by atoms with Crippen molar-refractivity contribution in [2.24, 2.45) is 4.99 Å². The summed E-state index contributed by atoms with van der Waals surface area (Å²) in [5.74, 6) is 2.38. The molecule has 0 bridgehead atoms. The van der Waals surface area contributed by atoms with Gasteiger partial charge in [-0.15, -0.1) is 6.42 Å². The van der Waals surface area contributed by atoms with Crippen LogP contribution in [0.15, 0.2) is 45.9 Å². The lowest BCUT2D eigenvalue weighted by molar-refractivity contribution is 0.0998. The molecule has 3 aromatic rings. The number of nitrogens with zero attached hydrogens (tertiary/aromatic N) is 2. The molecule has 0 aliphatic heterocycles. The fraction of sp³-hybridized carbons (Fsp3) is 0.158. The third kappa shape index (κ3) is 3.21. The number of carbonyl (C=O) groups excluding carboxylic acids is 1. The molecular formula is C19H15BrN2OS. The van der Waals surface area contributed by atoms with E-state index in [1.807, 2.05) is 16.7 Å². The molecule has 0 atom stereocenters. The van der Waals surface area contributed by atoms with Crippen molar-refractivity contribution in [3.05, 3.63) is 62.4 Å². The van der Waals surface area contributed by atoms with E-state index in [2.05, 4.69) is 52.8 Å². The van der Waals surface area contributed by atoms with Gasteiger partial charge in [0.1, 0.15) is 0 Å². The third-order valence-corrected chi connectivity index (χ3v) is 5.41. The van der Waals surface area contributed by atoms with E-state index in [9.17, 15) is 4.79 Å².